The number of nitrogens with one attached hydrogen (secondary N) is 1. The van der Waals surface area contributed by atoms with Crippen LogP contribution in [0.1, 0.15) is 35.8 Å². The summed E-state index contributed by atoms with van der Waals surface area (Å²) in [6.07, 6.45) is 1.17. The van der Waals surface area contributed by atoms with Crippen molar-refractivity contribution in [3.05, 3.63) is 82.9 Å². The molecular formula is C25H22ClN5O2. The van der Waals surface area contributed by atoms with E-state index in [9.17, 15) is 10.2 Å². The summed E-state index contributed by atoms with van der Waals surface area (Å²) in [6.45, 7) is 0.496. The van der Waals surface area contributed by atoms with Gasteiger partial charge in [-0.05, 0) is 48.6 Å². The molecule has 1 aliphatic rings. The van der Waals surface area contributed by atoms with Crippen molar-refractivity contribution in [2.45, 2.75) is 37.6 Å². The highest BCUT2D eigenvalue weighted by Gasteiger charge is 2.35. The Morgan fingerprint density at radius 3 is 2.64 bits per heavy atom. The van der Waals surface area contributed by atoms with E-state index in [0.717, 1.165) is 11.1 Å². The molecule has 2 aromatic heterocycles. The smallest absolute Gasteiger partial charge is 0.209 e. The normalized spacial score (nSPS) is 19.9. The average Bonchev–Trinajstić information content (AvgIpc) is 3.39. The summed E-state index contributed by atoms with van der Waals surface area (Å²) < 4.78 is 1.82. The van der Waals surface area contributed by atoms with E-state index < -0.39 is 12.2 Å². The minimum Gasteiger partial charge on any atom is -0.390 e. The number of rotatable bonds is 4. The summed E-state index contributed by atoms with van der Waals surface area (Å²) in [5.41, 5.74) is 3.00. The SMILES string of the molecule is O[C@@H]1[C@H](O)CC[C@H]1n1cnc2c(NCc3cccc(Cl)c3)nc(C#Cc3ccccc3)nc21. The van der Waals surface area contributed by atoms with Crippen molar-refractivity contribution in [3.8, 4) is 11.8 Å². The van der Waals surface area contributed by atoms with Crippen LogP contribution in [-0.2, 0) is 6.54 Å². The van der Waals surface area contributed by atoms with E-state index in [0.29, 0.717) is 47.2 Å². The molecule has 0 bridgehead atoms. The maximum absolute atomic E-state index is 10.5. The van der Waals surface area contributed by atoms with Gasteiger partial charge in [-0.15, -0.1) is 0 Å². The molecule has 0 amide bonds. The largest absolute Gasteiger partial charge is 0.390 e. The summed E-state index contributed by atoms with van der Waals surface area (Å²) in [6, 6.07) is 16.9. The van der Waals surface area contributed by atoms with Crippen molar-refractivity contribution in [1.82, 2.24) is 19.5 Å². The Balaban J connectivity index is 1.55. The van der Waals surface area contributed by atoms with Crippen LogP contribution in [0.2, 0.25) is 5.02 Å². The molecule has 2 aromatic carbocycles. The molecule has 5 rings (SSSR count). The number of hydrogen-bond donors (Lipinski definition) is 3. The highest BCUT2D eigenvalue weighted by Crippen LogP contribution is 2.33. The number of nitrogens with zero attached hydrogens (tertiary/aromatic N) is 4. The zero-order valence-electron chi connectivity index (χ0n) is 17.7. The van der Waals surface area contributed by atoms with Gasteiger partial charge in [-0.3, -0.25) is 0 Å². The first kappa shape index (κ1) is 21.4. The molecule has 0 unspecified atom stereocenters. The number of fused-ring (bicyclic) bond motifs is 1. The van der Waals surface area contributed by atoms with E-state index in [1.165, 1.54) is 0 Å². The number of aliphatic hydroxyl groups is 2. The molecule has 8 heteroatoms. The second-order valence-corrected chi connectivity index (χ2v) is 8.46. The Morgan fingerprint density at radius 1 is 1.03 bits per heavy atom. The fraction of sp³-hybridized carbons (Fsp3) is 0.240. The van der Waals surface area contributed by atoms with E-state index in [1.807, 2.05) is 59.2 Å². The molecule has 0 saturated heterocycles. The molecule has 0 radical (unpaired) electrons. The first-order valence-corrected chi connectivity index (χ1v) is 11.1. The summed E-state index contributed by atoms with van der Waals surface area (Å²) in [5, 5.41) is 24.5. The Kier molecular flexibility index (Phi) is 5.97. The first-order valence-electron chi connectivity index (χ1n) is 10.7. The highest BCUT2D eigenvalue weighted by molar-refractivity contribution is 6.30. The molecule has 2 heterocycles. The number of aliphatic hydroxyl groups excluding tert-OH is 2. The molecule has 7 nitrogen and oxygen atoms in total. The van der Waals surface area contributed by atoms with E-state index in [-0.39, 0.29) is 6.04 Å². The second kappa shape index (κ2) is 9.20. The van der Waals surface area contributed by atoms with E-state index in [2.05, 4.69) is 32.1 Å². The summed E-state index contributed by atoms with van der Waals surface area (Å²) in [4.78, 5) is 13.8. The van der Waals surface area contributed by atoms with Gasteiger partial charge in [0.2, 0.25) is 5.82 Å². The fourth-order valence-electron chi connectivity index (χ4n) is 4.06. The monoisotopic (exact) mass is 459 g/mol. The fourth-order valence-corrected chi connectivity index (χ4v) is 4.28. The van der Waals surface area contributed by atoms with Crippen LogP contribution in [0.5, 0.6) is 0 Å². The standard InChI is InChI=1S/C25H22ClN5O2/c26-18-8-4-7-17(13-18)14-27-24-22-25(31(15-28-22)19-10-11-20(32)23(19)33)30-21(29-24)12-9-16-5-2-1-3-6-16/h1-8,13,15,19-20,23,32-33H,10-11,14H2,(H,27,29,30)/t19-,20-,23+/m1/s1. The molecule has 1 saturated carbocycles. The van der Waals surface area contributed by atoms with Crippen LogP contribution in [-0.4, -0.2) is 41.9 Å². The lowest BCUT2D eigenvalue weighted by molar-refractivity contribution is 0.0241. The number of benzene rings is 2. The molecular weight excluding hydrogens is 438 g/mol. The maximum Gasteiger partial charge on any atom is 0.209 e. The second-order valence-electron chi connectivity index (χ2n) is 8.02. The number of anilines is 1. The summed E-state index contributed by atoms with van der Waals surface area (Å²) in [7, 11) is 0. The number of halogens is 1. The Bertz CT molecular complexity index is 1350. The third-order valence-electron chi connectivity index (χ3n) is 5.77. The molecule has 166 valence electrons. The summed E-state index contributed by atoms with van der Waals surface area (Å²) >= 11 is 6.12. The van der Waals surface area contributed by atoms with Gasteiger partial charge in [0, 0.05) is 17.1 Å². The number of hydrogen-bond acceptors (Lipinski definition) is 6. The quantitative estimate of drug-likeness (QED) is 0.404. The topological polar surface area (TPSA) is 96.1 Å². The third kappa shape index (κ3) is 4.55. The Labute approximate surface area is 196 Å². The zero-order valence-corrected chi connectivity index (χ0v) is 18.4. The van der Waals surface area contributed by atoms with Crippen LogP contribution in [0.15, 0.2) is 60.9 Å². The molecule has 0 spiro atoms. The van der Waals surface area contributed by atoms with Gasteiger partial charge < -0.3 is 20.1 Å². The Morgan fingerprint density at radius 2 is 1.88 bits per heavy atom. The van der Waals surface area contributed by atoms with Crippen LogP contribution in [0.25, 0.3) is 11.2 Å². The molecule has 3 atom stereocenters. The molecule has 4 aromatic rings. The van der Waals surface area contributed by atoms with Gasteiger partial charge in [0.15, 0.2) is 17.0 Å². The lowest BCUT2D eigenvalue weighted by Crippen LogP contribution is -2.27. The summed E-state index contributed by atoms with van der Waals surface area (Å²) in [5.74, 6) is 7.02. The van der Waals surface area contributed by atoms with Crippen molar-refractivity contribution in [2.24, 2.45) is 0 Å². The van der Waals surface area contributed by atoms with Gasteiger partial charge in [0.05, 0.1) is 18.5 Å². The third-order valence-corrected chi connectivity index (χ3v) is 6.00. The van der Waals surface area contributed by atoms with Crippen LogP contribution in [0.3, 0.4) is 0 Å². The molecule has 3 N–H and O–H groups in total. The van der Waals surface area contributed by atoms with Crippen LogP contribution < -0.4 is 5.32 Å². The van der Waals surface area contributed by atoms with Gasteiger partial charge in [-0.2, -0.15) is 0 Å². The van der Waals surface area contributed by atoms with Crippen molar-refractivity contribution in [2.75, 3.05) is 5.32 Å². The van der Waals surface area contributed by atoms with Crippen molar-refractivity contribution in [3.63, 3.8) is 0 Å². The molecule has 33 heavy (non-hydrogen) atoms. The van der Waals surface area contributed by atoms with E-state index in [4.69, 9.17) is 11.6 Å². The van der Waals surface area contributed by atoms with Gasteiger partial charge in [0.1, 0.15) is 6.10 Å². The van der Waals surface area contributed by atoms with Crippen molar-refractivity contribution in [1.29, 1.82) is 0 Å². The highest BCUT2D eigenvalue weighted by atomic mass is 35.5. The predicted octanol–water partition coefficient (Wildman–Crippen LogP) is 3.55. The minimum absolute atomic E-state index is 0.310. The van der Waals surface area contributed by atoms with Crippen molar-refractivity contribution >= 4 is 28.6 Å². The average molecular weight is 460 g/mol. The number of aromatic nitrogens is 4. The van der Waals surface area contributed by atoms with Gasteiger partial charge in [-0.25, -0.2) is 15.0 Å². The van der Waals surface area contributed by atoms with Gasteiger partial charge in [0.25, 0.3) is 0 Å². The van der Waals surface area contributed by atoms with Gasteiger partial charge >= 0.3 is 0 Å². The van der Waals surface area contributed by atoms with Crippen LogP contribution in [0.4, 0.5) is 5.82 Å². The van der Waals surface area contributed by atoms with E-state index >= 15 is 0 Å². The lowest BCUT2D eigenvalue weighted by Gasteiger charge is -2.18. The minimum atomic E-state index is -0.876. The molecule has 1 aliphatic carbocycles. The lowest BCUT2D eigenvalue weighted by atomic mass is 10.2. The number of imidazole rings is 1. The Hall–Kier alpha value is -3.44. The molecule has 1 fully saturated rings. The first-order chi connectivity index (χ1) is 16.1. The van der Waals surface area contributed by atoms with Crippen LogP contribution >= 0.6 is 11.6 Å². The zero-order chi connectivity index (χ0) is 22.8. The van der Waals surface area contributed by atoms with E-state index in [1.54, 1.807) is 6.33 Å². The van der Waals surface area contributed by atoms with Crippen LogP contribution in [0, 0.1) is 11.8 Å². The predicted molar refractivity (Wildman–Crippen MR) is 127 cm³/mol. The van der Waals surface area contributed by atoms with Crippen molar-refractivity contribution < 1.29 is 10.2 Å². The maximum atomic E-state index is 10.5. The molecule has 0 aliphatic heterocycles. The van der Waals surface area contributed by atoms with Gasteiger partial charge in [-0.1, -0.05) is 47.9 Å².